The number of anilines is 1. The Bertz CT molecular complexity index is 348. The van der Waals surface area contributed by atoms with Crippen molar-refractivity contribution >= 4 is 21.7 Å². The van der Waals surface area contributed by atoms with E-state index in [2.05, 4.69) is 38.8 Å². The minimum absolute atomic E-state index is 0.127. The summed E-state index contributed by atoms with van der Waals surface area (Å²) in [5, 5.41) is 9.42. The molecule has 0 saturated carbocycles. The highest BCUT2D eigenvalue weighted by molar-refractivity contribution is 9.10. The Kier molecular flexibility index (Phi) is 3.26. The molecule has 1 N–H and O–H groups in total. The molecule has 1 aliphatic rings. The first kappa shape index (κ1) is 10.9. The lowest BCUT2D eigenvalue weighted by molar-refractivity contribution is 0.145. The maximum atomic E-state index is 9.42. The van der Waals surface area contributed by atoms with E-state index in [9.17, 15) is 5.11 Å². The third-order valence-electron chi connectivity index (χ3n) is 2.82. The number of rotatable bonds is 1. The van der Waals surface area contributed by atoms with Gasteiger partial charge in [-0.05, 0) is 47.3 Å². The summed E-state index contributed by atoms with van der Waals surface area (Å²) in [6.45, 7) is 3.86. The molecule has 1 aromatic rings. The van der Waals surface area contributed by atoms with Crippen LogP contribution in [-0.2, 0) is 0 Å². The highest BCUT2D eigenvalue weighted by Gasteiger charge is 2.18. The molecule has 2 rings (SSSR count). The average Bonchev–Trinajstić information content (AvgIpc) is 2.23. The molecule has 1 aliphatic heterocycles. The molecular weight excluding hydrogens is 256 g/mol. The normalized spacial score (nSPS) is 18.2. The zero-order chi connectivity index (χ0) is 10.8. The van der Waals surface area contributed by atoms with E-state index in [0.717, 1.165) is 36.2 Å². The van der Waals surface area contributed by atoms with Crippen molar-refractivity contribution in [3.05, 3.63) is 22.3 Å². The molecule has 2 heterocycles. The lowest BCUT2D eigenvalue weighted by atomic mass is 10.1. The second-order valence-corrected chi connectivity index (χ2v) is 4.86. The second kappa shape index (κ2) is 4.49. The van der Waals surface area contributed by atoms with Gasteiger partial charge < -0.3 is 10.0 Å². The number of hydrogen-bond acceptors (Lipinski definition) is 3. The van der Waals surface area contributed by atoms with Crippen LogP contribution in [0.2, 0.25) is 0 Å². The fraction of sp³-hybridized carbons (Fsp3) is 0.545. The van der Waals surface area contributed by atoms with Gasteiger partial charge in [0.1, 0.15) is 5.82 Å². The highest BCUT2D eigenvalue weighted by Crippen LogP contribution is 2.22. The molecule has 1 aromatic heterocycles. The van der Waals surface area contributed by atoms with E-state index in [0.29, 0.717) is 0 Å². The van der Waals surface area contributed by atoms with Crippen molar-refractivity contribution in [2.24, 2.45) is 0 Å². The van der Waals surface area contributed by atoms with Crippen LogP contribution in [0.25, 0.3) is 0 Å². The second-order valence-electron chi connectivity index (χ2n) is 4.01. The van der Waals surface area contributed by atoms with Crippen molar-refractivity contribution in [1.29, 1.82) is 0 Å². The molecule has 0 bridgehead atoms. The molecule has 0 atom stereocenters. The molecule has 0 spiro atoms. The predicted molar refractivity (Wildman–Crippen MR) is 64.1 cm³/mol. The van der Waals surface area contributed by atoms with E-state index in [1.165, 1.54) is 5.56 Å². The van der Waals surface area contributed by atoms with Crippen LogP contribution in [-0.4, -0.2) is 29.3 Å². The van der Waals surface area contributed by atoms with E-state index < -0.39 is 0 Å². The Hall–Kier alpha value is -0.610. The minimum Gasteiger partial charge on any atom is -0.393 e. The quantitative estimate of drug-likeness (QED) is 0.850. The number of aliphatic hydroxyl groups is 1. The molecule has 4 heteroatoms. The number of aryl methyl sites for hydroxylation is 1. The van der Waals surface area contributed by atoms with Gasteiger partial charge in [-0.2, -0.15) is 0 Å². The number of nitrogens with zero attached hydrogens (tertiary/aromatic N) is 2. The average molecular weight is 271 g/mol. The fourth-order valence-electron chi connectivity index (χ4n) is 1.79. The molecule has 82 valence electrons. The molecule has 0 amide bonds. The topological polar surface area (TPSA) is 36.4 Å². The molecule has 0 radical (unpaired) electrons. The van der Waals surface area contributed by atoms with Crippen molar-refractivity contribution in [3.8, 4) is 0 Å². The Labute approximate surface area is 98.3 Å². The standard InChI is InChI=1S/C11H15BrN2O/c1-8-6-11(13-7-10(8)12)14-4-2-9(15)3-5-14/h6-7,9,15H,2-5H2,1H3. The first-order valence-corrected chi connectivity index (χ1v) is 6.01. The Morgan fingerprint density at radius 2 is 2.13 bits per heavy atom. The van der Waals surface area contributed by atoms with Crippen molar-refractivity contribution in [1.82, 2.24) is 4.98 Å². The maximum absolute atomic E-state index is 9.42. The first-order chi connectivity index (χ1) is 7.16. The van der Waals surface area contributed by atoms with Gasteiger partial charge in [-0.15, -0.1) is 0 Å². The zero-order valence-electron chi connectivity index (χ0n) is 8.78. The van der Waals surface area contributed by atoms with Crippen molar-refractivity contribution in [3.63, 3.8) is 0 Å². The molecule has 0 unspecified atom stereocenters. The minimum atomic E-state index is -0.127. The largest absolute Gasteiger partial charge is 0.393 e. The monoisotopic (exact) mass is 270 g/mol. The third-order valence-corrected chi connectivity index (χ3v) is 3.65. The molecule has 15 heavy (non-hydrogen) atoms. The lowest BCUT2D eigenvalue weighted by Gasteiger charge is -2.30. The summed E-state index contributed by atoms with van der Waals surface area (Å²) >= 11 is 3.44. The van der Waals surface area contributed by atoms with Crippen molar-refractivity contribution in [2.75, 3.05) is 18.0 Å². The number of halogens is 1. The van der Waals surface area contributed by atoms with Gasteiger partial charge in [0, 0.05) is 23.8 Å². The zero-order valence-corrected chi connectivity index (χ0v) is 10.4. The summed E-state index contributed by atoms with van der Waals surface area (Å²) in [7, 11) is 0. The first-order valence-electron chi connectivity index (χ1n) is 5.22. The van der Waals surface area contributed by atoms with Crippen LogP contribution in [0.3, 0.4) is 0 Å². The number of aromatic nitrogens is 1. The Balaban J connectivity index is 2.12. The lowest BCUT2D eigenvalue weighted by Crippen LogP contribution is -2.36. The molecule has 1 fully saturated rings. The van der Waals surface area contributed by atoms with Gasteiger partial charge in [-0.1, -0.05) is 0 Å². The Morgan fingerprint density at radius 1 is 1.47 bits per heavy atom. The highest BCUT2D eigenvalue weighted by atomic mass is 79.9. The smallest absolute Gasteiger partial charge is 0.128 e. The fourth-order valence-corrected chi connectivity index (χ4v) is 2.01. The van der Waals surface area contributed by atoms with Gasteiger partial charge >= 0.3 is 0 Å². The summed E-state index contributed by atoms with van der Waals surface area (Å²) in [6.07, 6.45) is 3.40. The van der Waals surface area contributed by atoms with E-state index in [-0.39, 0.29) is 6.10 Å². The predicted octanol–water partition coefficient (Wildman–Crippen LogP) is 2.11. The van der Waals surface area contributed by atoms with Crippen LogP contribution in [0.15, 0.2) is 16.7 Å². The third kappa shape index (κ3) is 2.49. The molecular formula is C11H15BrN2O. The summed E-state index contributed by atoms with van der Waals surface area (Å²) in [5.74, 6) is 1.02. The molecule has 0 aromatic carbocycles. The van der Waals surface area contributed by atoms with Crippen LogP contribution in [0.4, 0.5) is 5.82 Å². The van der Waals surface area contributed by atoms with Gasteiger partial charge in [0.05, 0.1) is 6.10 Å². The maximum Gasteiger partial charge on any atom is 0.128 e. The van der Waals surface area contributed by atoms with Gasteiger partial charge in [0.2, 0.25) is 0 Å². The van der Waals surface area contributed by atoms with E-state index in [1.807, 2.05) is 6.20 Å². The van der Waals surface area contributed by atoms with Crippen LogP contribution < -0.4 is 4.90 Å². The van der Waals surface area contributed by atoms with Crippen LogP contribution in [0.5, 0.6) is 0 Å². The van der Waals surface area contributed by atoms with Crippen LogP contribution in [0.1, 0.15) is 18.4 Å². The van der Waals surface area contributed by atoms with Crippen molar-refractivity contribution in [2.45, 2.75) is 25.9 Å². The molecule has 1 saturated heterocycles. The number of aliphatic hydroxyl groups excluding tert-OH is 1. The molecule has 3 nitrogen and oxygen atoms in total. The van der Waals surface area contributed by atoms with Gasteiger partial charge in [0.25, 0.3) is 0 Å². The SMILES string of the molecule is Cc1cc(N2CCC(O)CC2)ncc1Br. The van der Waals surface area contributed by atoms with E-state index in [4.69, 9.17) is 0 Å². The Morgan fingerprint density at radius 3 is 2.73 bits per heavy atom. The summed E-state index contributed by atoms with van der Waals surface area (Å²) < 4.78 is 1.04. The van der Waals surface area contributed by atoms with E-state index in [1.54, 1.807) is 0 Å². The van der Waals surface area contributed by atoms with Gasteiger partial charge in [0.15, 0.2) is 0 Å². The van der Waals surface area contributed by atoms with Gasteiger partial charge in [-0.25, -0.2) is 4.98 Å². The van der Waals surface area contributed by atoms with Crippen LogP contribution >= 0.6 is 15.9 Å². The molecule has 0 aliphatic carbocycles. The number of pyridine rings is 1. The number of hydrogen-bond donors (Lipinski definition) is 1. The van der Waals surface area contributed by atoms with Crippen LogP contribution in [0, 0.1) is 6.92 Å². The summed E-state index contributed by atoms with van der Waals surface area (Å²) in [6, 6.07) is 2.09. The van der Waals surface area contributed by atoms with E-state index >= 15 is 0 Å². The van der Waals surface area contributed by atoms with Gasteiger partial charge in [-0.3, -0.25) is 0 Å². The summed E-state index contributed by atoms with van der Waals surface area (Å²) in [5.41, 5.74) is 1.20. The summed E-state index contributed by atoms with van der Waals surface area (Å²) in [4.78, 5) is 6.61. The number of piperidine rings is 1. The van der Waals surface area contributed by atoms with Crippen molar-refractivity contribution < 1.29 is 5.11 Å².